The van der Waals surface area contributed by atoms with Gasteiger partial charge in [0.2, 0.25) is 17.6 Å². The van der Waals surface area contributed by atoms with Crippen molar-refractivity contribution in [3.05, 3.63) is 35.7 Å². The predicted octanol–water partition coefficient (Wildman–Crippen LogP) is 3.30. The number of alkyl halides is 3. The first-order valence-corrected chi connectivity index (χ1v) is 8.83. The zero-order valence-corrected chi connectivity index (χ0v) is 14.8. The summed E-state index contributed by atoms with van der Waals surface area (Å²) in [7, 11) is 0. The maximum atomic E-state index is 12.7. The van der Waals surface area contributed by atoms with Crippen LogP contribution < -0.4 is 0 Å². The minimum atomic E-state index is -4.38. The summed E-state index contributed by atoms with van der Waals surface area (Å²) < 4.78 is 43.3. The second kappa shape index (κ2) is 6.33. The third-order valence-electron chi connectivity index (χ3n) is 5.45. The molecular formula is C18H19F3N4O2. The molecule has 0 saturated carbocycles. The molecule has 1 aromatic carbocycles. The number of hydrogen-bond acceptors (Lipinski definition) is 5. The summed E-state index contributed by atoms with van der Waals surface area (Å²) in [6.45, 7) is 4.02. The first kappa shape index (κ1) is 18.0. The van der Waals surface area contributed by atoms with E-state index in [2.05, 4.69) is 15.0 Å². The number of nitrogens with zero attached hydrogens (tertiary/aromatic N) is 4. The molecule has 1 aromatic heterocycles. The van der Waals surface area contributed by atoms with Crippen LogP contribution in [-0.4, -0.2) is 44.6 Å². The Morgan fingerprint density at radius 2 is 1.96 bits per heavy atom. The van der Waals surface area contributed by atoms with Crippen LogP contribution in [0.15, 0.2) is 28.8 Å². The molecule has 0 spiro atoms. The van der Waals surface area contributed by atoms with Crippen LogP contribution in [-0.2, 0) is 17.5 Å². The Hall–Kier alpha value is -2.42. The maximum absolute atomic E-state index is 12.7. The standard InChI is InChI=1S/C18H19F3N4O2/c1-17-8-7-15(26)25(17)10-2-9-24(17)11-14-22-16(23-27-14)12-3-5-13(6-4-12)18(19,20)21/h3-6H,2,7-11H2,1H3. The molecule has 1 amide bonds. The molecule has 6 nitrogen and oxygen atoms in total. The van der Waals surface area contributed by atoms with E-state index < -0.39 is 11.7 Å². The summed E-state index contributed by atoms with van der Waals surface area (Å²) in [5, 5.41) is 3.89. The minimum absolute atomic E-state index is 0.165. The number of rotatable bonds is 3. The molecule has 2 fully saturated rings. The Morgan fingerprint density at radius 1 is 1.22 bits per heavy atom. The smallest absolute Gasteiger partial charge is 0.338 e. The van der Waals surface area contributed by atoms with Crippen LogP contribution >= 0.6 is 0 Å². The summed E-state index contributed by atoms with van der Waals surface area (Å²) >= 11 is 0. The number of carbonyl (C=O) groups excluding carboxylic acids is 1. The molecule has 2 aliphatic heterocycles. The number of carbonyl (C=O) groups is 1. The SMILES string of the molecule is CC12CCC(=O)N1CCCN2Cc1nc(-c2ccc(C(F)(F)F)cc2)no1. The number of amides is 1. The fraction of sp³-hybridized carbons (Fsp3) is 0.500. The highest BCUT2D eigenvalue weighted by Crippen LogP contribution is 2.37. The van der Waals surface area contributed by atoms with E-state index in [0.717, 1.165) is 38.1 Å². The van der Waals surface area contributed by atoms with Gasteiger partial charge in [-0.15, -0.1) is 0 Å². The van der Waals surface area contributed by atoms with E-state index in [-0.39, 0.29) is 17.4 Å². The van der Waals surface area contributed by atoms with Crippen LogP contribution in [0.1, 0.15) is 37.6 Å². The van der Waals surface area contributed by atoms with Crippen LogP contribution in [0.4, 0.5) is 13.2 Å². The van der Waals surface area contributed by atoms with Gasteiger partial charge in [0.05, 0.1) is 17.8 Å². The molecule has 2 saturated heterocycles. The number of halogens is 3. The fourth-order valence-electron chi connectivity index (χ4n) is 3.89. The summed E-state index contributed by atoms with van der Waals surface area (Å²) in [4.78, 5) is 20.5. The van der Waals surface area contributed by atoms with Crippen molar-refractivity contribution in [3.63, 3.8) is 0 Å². The monoisotopic (exact) mass is 380 g/mol. The molecule has 0 aliphatic carbocycles. The first-order chi connectivity index (χ1) is 12.8. The van der Waals surface area contributed by atoms with Crippen molar-refractivity contribution < 1.29 is 22.5 Å². The summed E-state index contributed by atoms with van der Waals surface area (Å²) in [5.74, 6) is 0.797. The fourth-order valence-corrected chi connectivity index (χ4v) is 3.89. The molecule has 3 heterocycles. The largest absolute Gasteiger partial charge is 0.416 e. The number of aromatic nitrogens is 2. The Bertz CT molecular complexity index is 849. The van der Waals surface area contributed by atoms with Crippen LogP contribution in [0, 0.1) is 0 Å². The van der Waals surface area contributed by atoms with E-state index in [9.17, 15) is 18.0 Å². The van der Waals surface area contributed by atoms with Crippen molar-refractivity contribution >= 4 is 5.91 Å². The van der Waals surface area contributed by atoms with E-state index in [0.29, 0.717) is 24.4 Å². The first-order valence-electron chi connectivity index (χ1n) is 8.83. The zero-order chi connectivity index (χ0) is 19.2. The summed E-state index contributed by atoms with van der Waals surface area (Å²) in [6.07, 6.45) is -2.21. The molecule has 144 valence electrons. The minimum Gasteiger partial charge on any atom is -0.338 e. The third kappa shape index (κ3) is 3.20. The molecule has 27 heavy (non-hydrogen) atoms. The quantitative estimate of drug-likeness (QED) is 0.818. The van der Waals surface area contributed by atoms with Crippen LogP contribution in [0.3, 0.4) is 0 Å². The van der Waals surface area contributed by atoms with Gasteiger partial charge in [-0.1, -0.05) is 17.3 Å². The molecule has 1 unspecified atom stereocenters. The van der Waals surface area contributed by atoms with Crippen molar-refractivity contribution in [2.24, 2.45) is 0 Å². The topological polar surface area (TPSA) is 62.5 Å². The molecule has 0 radical (unpaired) electrons. The Morgan fingerprint density at radius 3 is 2.67 bits per heavy atom. The number of fused-ring (bicyclic) bond motifs is 1. The molecule has 2 aromatic rings. The van der Waals surface area contributed by atoms with Crippen LogP contribution in [0.25, 0.3) is 11.4 Å². The second-order valence-electron chi connectivity index (χ2n) is 7.12. The molecule has 0 N–H and O–H groups in total. The average Bonchev–Trinajstić information content (AvgIpc) is 3.21. The van der Waals surface area contributed by atoms with Crippen molar-refractivity contribution in [3.8, 4) is 11.4 Å². The third-order valence-corrected chi connectivity index (χ3v) is 5.45. The normalized spacial score (nSPS) is 23.7. The highest BCUT2D eigenvalue weighted by atomic mass is 19.4. The van der Waals surface area contributed by atoms with E-state index in [1.807, 2.05) is 11.8 Å². The van der Waals surface area contributed by atoms with Crippen molar-refractivity contribution in [1.29, 1.82) is 0 Å². The Kier molecular flexibility index (Phi) is 4.21. The van der Waals surface area contributed by atoms with Gasteiger partial charge in [-0.25, -0.2) is 0 Å². The lowest BCUT2D eigenvalue weighted by molar-refractivity contribution is -0.142. The van der Waals surface area contributed by atoms with Gasteiger partial charge in [0.1, 0.15) is 0 Å². The summed E-state index contributed by atoms with van der Waals surface area (Å²) in [6, 6.07) is 4.66. The van der Waals surface area contributed by atoms with Gasteiger partial charge in [0, 0.05) is 25.1 Å². The van der Waals surface area contributed by atoms with Gasteiger partial charge in [0.15, 0.2) is 0 Å². The molecule has 0 bridgehead atoms. The lowest BCUT2D eigenvalue weighted by Gasteiger charge is -2.48. The second-order valence-corrected chi connectivity index (χ2v) is 7.12. The zero-order valence-electron chi connectivity index (χ0n) is 14.8. The van der Waals surface area contributed by atoms with E-state index >= 15 is 0 Å². The van der Waals surface area contributed by atoms with Crippen molar-refractivity contribution in [2.75, 3.05) is 13.1 Å². The van der Waals surface area contributed by atoms with Gasteiger partial charge < -0.3 is 9.42 Å². The van der Waals surface area contributed by atoms with E-state index in [1.165, 1.54) is 12.1 Å². The Labute approximate surface area is 153 Å². The van der Waals surface area contributed by atoms with Gasteiger partial charge in [-0.2, -0.15) is 18.2 Å². The van der Waals surface area contributed by atoms with Gasteiger partial charge in [-0.3, -0.25) is 9.69 Å². The van der Waals surface area contributed by atoms with E-state index in [1.54, 1.807) is 0 Å². The lowest BCUT2D eigenvalue weighted by Crippen LogP contribution is -2.60. The highest BCUT2D eigenvalue weighted by Gasteiger charge is 2.48. The lowest BCUT2D eigenvalue weighted by atomic mass is 10.0. The molecule has 2 aliphatic rings. The maximum Gasteiger partial charge on any atom is 0.416 e. The van der Waals surface area contributed by atoms with Gasteiger partial charge in [-0.05, 0) is 31.9 Å². The number of benzene rings is 1. The Balaban J connectivity index is 1.51. The number of hydrogen-bond donors (Lipinski definition) is 0. The molecule has 9 heteroatoms. The van der Waals surface area contributed by atoms with Crippen LogP contribution in [0.2, 0.25) is 0 Å². The molecule has 1 atom stereocenters. The van der Waals surface area contributed by atoms with Crippen LogP contribution in [0.5, 0.6) is 0 Å². The average molecular weight is 380 g/mol. The van der Waals surface area contributed by atoms with Crippen molar-refractivity contribution in [2.45, 2.75) is 44.6 Å². The van der Waals surface area contributed by atoms with Crippen molar-refractivity contribution in [1.82, 2.24) is 19.9 Å². The van der Waals surface area contributed by atoms with Gasteiger partial charge in [0.25, 0.3) is 0 Å². The predicted molar refractivity (Wildman–Crippen MR) is 89.1 cm³/mol. The molecule has 4 rings (SSSR count). The van der Waals surface area contributed by atoms with Gasteiger partial charge >= 0.3 is 6.18 Å². The highest BCUT2D eigenvalue weighted by molar-refractivity contribution is 5.79. The van der Waals surface area contributed by atoms with E-state index in [4.69, 9.17) is 4.52 Å². The molecular weight excluding hydrogens is 361 g/mol. The summed E-state index contributed by atoms with van der Waals surface area (Å²) in [5.41, 5.74) is -0.610.